The van der Waals surface area contributed by atoms with Crippen LogP contribution in [0.25, 0.3) is 0 Å². The quantitative estimate of drug-likeness (QED) is 0.531. The maximum Gasteiger partial charge on any atom is 0.270 e. The Morgan fingerprint density at radius 3 is 2.56 bits per heavy atom. The number of nitro groups is 1. The molecular formula is C19H22N4O4. The molecule has 0 aliphatic heterocycles. The fraction of sp³-hybridized carbons (Fsp3) is 0.368. The zero-order chi connectivity index (χ0) is 19.2. The van der Waals surface area contributed by atoms with E-state index in [1.54, 1.807) is 30.6 Å². The van der Waals surface area contributed by atoms with Crippen molar-refractivity contribution in [1.29, 1.82) is 0 Å². The van der Waals surface area contributed by atoms with Gasteiger partial charge in [-0.1, -0.05) is 0 Å². The van der Waals surface area contributed by atoms with Gasteiger partial charge in [0.25, 0.3) is 11.6 Å². The van der Waals surface area contributed by atoms with Crippen LogP contribution in [0, 0.1) is 10.1 Å². The minimum Gasteiger partial charge on any atom is -0.393 e. The Bertz CT molecular complexity index is 805. The van der Waals surface area contributed by atoms with Gasteiger partial charge >= 0.3 is 0 Å². The number of nitro benzene ring substituents is 1. The first-order valence-electron chi connectivity index (χ1n) is 8.93. The third-order valence-electron chi connectivity index (χ3n) is 4.72. The van der Waals surface area contributed by atoms with Gasteiger partial charge in [-0.3, -0.25) is 19.9 Å². The summed E-state index contributed by atoms with van der Waals surface area (Å²) in [6.45, 7) is 0.305. The number of hydrogen-bond acceptors (Lipinski definition) is 6. The summed E-state index contributed by atoms with van der Waals surface area (Å²) in [5.41, 5.74) is 1.56. The van der Waals surface area contributed by atoms with Gasteiger partial charge in [0, 0.05) is 42.8 Å². The first kappa shape index (κ1) is 18.8. The number of anilines is 1. The largest absolute Gasteiger partial charge is 0.393 e. The topological polar surface area (TPSA) is 117 Å². The lowest BCUT2D eigenvalue weighted by Crippen LogP contribution is -2.30. The van der Waals surface area contributed by atoms with Crippen LogP contribution in [0.15, 0.2) is 42.7 Å². The van der Waals surface area contributed by atoms with Crippen molar-refractivity contribution in [3.8, 4) is 0 Å². The Morgan fingerprint density at radius 1 is 1.19 bits per heavy atom. The number of nitrogens with one attached hydrogen (secondary N) is 2. The van der Waals surface area contributed by atoms with Gasteiger partial charge < -0.3 is 15.7 Å². The van der Waals surface area contributed by atoms with Crippen LogP contribution < -0.4 is 10.6 Å². The van der Waals surface area contributed by atoms with Crippen molar-refractivity contribution in [2.24, 2.45) is 0 Å². The molecule has 0 atom stereocenters. The number of aromatic nitrogens is 1. The van der Waals surface area contributed by atoms with E-state index in [0.717, 1.165) is 18.4 Å². The minimum atomic E-state index is -0.514. The van der Waals surface area contributed by atoms with E-state index in [2.05, 4.69) is 15.6 Å². The van der Waals surface area contributed by atoms with E-state index in [4.69, 9.17) is 0 Å². The highest BCUT2D eigenvalue weighted by molar-refractivity contribution is 6.00. The fourth-order valence-corrected chi connectivity index (χ4v) is 3.18. The normalized spacial score (nSPS) is 19.3. The zero-order valence-corrected chi connectivity index (χ0v) is 14.8. The Kier molecular flexibility index (Phi) is 5.97. The van der Waals surface area contributed by atoms with Gasteiger partial charge in [-0.05, 0) is 49.4 Å². The van der Waals surface area contributed by atoms with E-state index in [1.807, 2.05) is 0 Å². The van der Waals surface area contributed by atoms with Gasteiger partial charge in [-0.2, -0.15) is 0 Å². The molecule has 27 heavy (non-hydrogen) atoms. The Morgan fingerprint density at radius 2 is 1.89 bits per heavy atom. The van der Waals surface area contributed by atoms with E-state index in [9.17, 15) is 20.0 Å². The SMILES string of the molecule is O=C(NCc1ccncc1)c1cc([N+](=O)[O-])ccc1NC1CCC(O)CC1. The Labute approximate surface area is 156 Å². The molecule has 0 bridgehead atoms. The first-order chi connectivity index (χ1) is 13.0. The lowest BCUT2D eigenvalue weighted by atomic mass is 9.92. The summed E-state index contributed by atoms with van der Waals surface area (Å²) >= 11 is 0. The van der Waals surface area contributed by atoms with Gasteiger partial charge in [-0.15, -0.1) is 0 Å². The van der Waals surface area contributed by atoms with E-state index in [-0.39, 0.29) is 29.3 Å². The van der Waals surface area contributed by atoms with Crippen molar-refractivity contribution in [2.45, 2.75) is 44.4 Å². The average Bonchev–Trinajstić information content (AvgIpc) is 2.69. The van der Waals surface area contributed by atoms with Gasteiger partial charge in [0.15, 0.2) is 0 Å². The number of amides is 1. The second-order valence-electron chi connectivity index (χ2n) is 6.67. The highest BCUT2D eigenvalue weighted by Gasteiger charge is 2.22. The van der Waals surface area contributed by atoms with Gasteiger partial charge in [-0.25, -0.2) is 0 Å². The number of non-ortho nitro benzene ring substituents is 1. The molecule has 1 saturated carbocycles. The molecule has 2 aromatic rings. The van der Waals surface area contributed by atoms with Gasteiger partial charge in [0.05, 0.1) is 16.6 Å². The van der Waals surface area contributed by atoms with Gasteiger partial charge in [0.2, 0.25) is 0 Å². The molecule has 0 saturated heterocycles. The van der Waals surface area contributed by atoms with Crippen LogP contribution >= 0.6 is 0 Å². The van der Waals surface area contributed by atoms with Crippen molar-refractivity contribution in [3.63, 3.8) is 0 Å². The summed E-state index contributed by atoms with van der Waals surface area (Å²) in [4.78, 5) is 27.2. The first-order valence-corrected chi connectivity index (χ1v) is 8.93. The maximum absolute atomic E-state index is 12.7. The molecule has 3 N–H and O–H groups in total. The maximum atomic E-state index is 12.7. The third-order valence-corrected chi connectivity index (χ3v) is 4.72. The number of pyridine rings is 1. The average molecular weight is 370 g/mol. The molecule has 1 aromatic heterocycles. The minimum absolute atomic E-state index is 0.126. The molecule has 1 heterocycles. The lowest BCUT2D eigenvalue weighted by molar-refractivity contribution is -0.384. The molecule has 3 rings (SSSR count). The van der Waals surface area contributed by atoms with E-state index in [1.165, 1.54) is 12.1 Å². The van der Waals surface area contributed by atoms with Crippen LogP contribution in [0.2, 0.25) is 0 Å². The van der Waals surface area contributed by atoms with E-state index < -0.39 is 4.92 Å². The number of nitrogens with zero attached hydrogens (tertiary/aromatic N) is 2. The highest BCUT2D eigenvalue weighted by atomic mass is 16.6. The summed E-state index contributed by atoms with van der Waals surface area (Å²) < 4.78 is 0. The predicted octanol–water partition coefficient (Wildman–Crippen LogP) is 2.64. The second kappa shape index (κ2) is 8.59. The molecule has 8 nitrogen and oxygen atoms in total. The number of aliphatic hydroxyl groups excluding tert-OH is 1. The summed E-state index contributed by atoms with van der Waals surface area (Å²) in [5, 5.41) is 26.9. The van der Waals surface area contributed by atoms with Crippen LogP contribution in [0.3, 0.4) is 0 Å². The smallest absolute Gasteiger partial charge is 0.270 e. The molecule has 142 valence electrons. The molecule has 8 heteroatoms. The van der Waals surface area contributed by atoms with Crippen LogP contribution in [-0.4, -0.2) is 33.1 Å². The molecular weight excluding hydrogens is 348 g/mol. The number of rotatable bonds is 6. The number of aliphatic hydroxyl groups is 1. The number of carbonyl (C=O) groups is 1. The highest BCUT2D eigenvalue weighted by Crippen LogP contribution is 2.27. The molecule has 1 aliphatic carbocycles. The summed E-state index contributed by atoms with van der Waals surface area (Å²) in [5.74, 6) is -0.381. The van der Waals surface area contributed by atoms with Crippen molar-refractivity contribution in [1.82, 2.24) is 10.3 Å². The molecule has 1 aromatic carbocycles. The second-order valence-corrected chi connectivity index (χ2v) is 6.67. The molecule has 1 fully saturated rings. The van der Waals surface area contributed by atoms with Crippen LogP contribution in [0.5, 0.6) is 0 Å². The predicted molar refractivity (Wildman–Crippen MR) is 100 cm³/mol. The van der Waals surface area contributed by atoms with E-state index >= 15 is 0 Å². The summed E-state index contributed by atoms with van der Waals surface area (Å²) in [6.07, 6.45) is 5.98. The molecule has 0 spiro atoms. The Hall–Kier alpha value is -3.00. The standard InChI is InChI=1S/C19H22N4O4/c24-16-4-1-14(2-5-16)22-18-6-3-15(23(26)27)11-17(18)19(25)21-12-13-7-9-20-10-8-13/h3,6-11,14,16,22,24H,1-2,4-5,12H2,(H,21,25). The van der Waals surface area contributed by atoms with Crippen molar-refractivity contribution in [2.75, 3.05) is 5.32 Å². The number of carbonyl (C=O) groups excluding carboxylic acids is 1. The van der Waals surface area contributed by atoms with Crippen molar-refractivity contribution in [3.05, 3.63) is 64.0 Å². The van der Waals surface area contributed by atoms with Crippen LogP contribution in [0.1, 0.15) is 41.6 Å². The lowest BCUT2D eigenvalue weighted by Gasteiger charge is -2.27. The summed E-state index contributed by atoms with van der Waals surface area (Å²) in [7, 11) is 0. The fourth-order valence-electron chi connectivity index (χ4n) is 3.18. The number of hydrogen-bond donors (Lipinski definition) is 3. The molecule has 1 aliphatic rings. The van der Waals surface area contributed by atoms with Crippen molar-refractivity contribution >= 4 is 17.3 Å². The summed E-state index contributed by atoms with van der Waals surface area (Å²) in [6, 6.07) is 7.97. The molecule has 0 unspecified atom stereocenters. The molecule has 1 amide bonds. The van der Waals surface area contributed by atoms with Crippen LogP contribution in [-0.2, 0) is 6.54 Å². The third kappa shape index (κ3) is 5.01. The Balaban J connectivity index is 1.76. The molecule has 0 radical (unpaired) electrons. The monoisotopic (exact) mass is 370 g/mol. The van der Waals surface area contributed by atoms with Crippen LogP contribution in [0.4, 0.5) is 11.4 Å². The van der Waals surface area contributed by atoms with Gasteiger partial charge in [0.1, 0.15) is 0 Å². The van der Waals surface area contributed by atoms with E-state index in [0.29, 0.717) is 25.1 Å². The number of benzene rings is 1. The van der Waals surface area contributed by atoms with Crippen molar-refractivity contribution < 1.29 is 14.8 Å². The zero-order valence-electron chi connectivity index (χ0n) is 14.8.